The second-order valence-electron chi connectivity index (χ2n) is 9.73. The number of unbranched alkanes of at least 4 members (excludes halogenated alkanes) is 7. The van der Waals surface area contributed by atoms with Crippen molar-refractivity contribution in [2.45, 2.75) is 71.6 Å². The topological polar surface area (TPSA) is 0 Å². The van der Waals surface area contributed by atoms with Crippen LogP contribution < -0.4 is 0 Å². The first-order valence-electron chi connectivity index (χ1n) is 13.2. The summed E-state index contributed by atoms with van der Waals surface area (Å²) in [5, 5.41) is 5.45. The molecule has 0 fully saturated rings. The molecule has 0 aliphatic heterocycles. The van der Waals surface area contributed by atoms with Crippen LogP contribution in [0.3, 0.4) is 0 Å². The van der Waals surface area contributed by atoms with Crippen LogP contribution in [0.1, 0.15) is 79.2 Å². The highest BCUT2D eigenvalue weighted by molar-refractivity contribution is 7.21. The van der Waals surface area contributed by atoms with Crippen LogP contribution in [0.4, 0.5) is 0 Å². The Morgan fingerprint density at radius 2 is 1.26 bits per heavy atom. The van der Waals surface area contributed by atoms with Gasteiger partial charge in [0.05, 0.1) is 4.88 Å². The molecule has 0 radical (unpaired) electrons. The van der Waals surface area contributed by atoms with Gasteiger partial charge in [0.15, 0.2) is 0 Å². The normalized spacial score (nSPS) is 11.4. The maximum absolute atomic E-state index is 3.39. The number of fused-ring (bicyclic) bond motifs is 5. The Bertz CT molecular complexity index is 1490. The van der Waals surface area contributed by atoms with Crippen molar-refractivity contribution in [2.24, 2.45) is 0 Å². The number of thiophene rings is 2. The molecule has 2 aromatic heterocycles. The molecule has 0 unspecified atom stereocenters. The molecule has 0 amide bonds. The van der Waals surface area contributed by atoms with E-state index in [0.29, 0.717) is 0 Å². The number of benzene rings is 3. The second kappa shape index (κ2) is 11.4. The van der Waals surface area contributed by atoms with Crippen molar-refractivity contribution >= 4 is 53.6 Å². The average Bonchev–Trinajstić information content (AvgIpc) is 3.49. The van der Waals surface area contributed by atoms with E-state index in [0.717, 1.165) is 10.4 Å². The van der Waals surface area contributed by atoms with Crippen molar-refractivity contribution in [3.05, 3.63) is 81.5 Å². The number of aryl methyl sites for hydroxylation is 2. The molecule has 3 aromatic carbocycles. The Labute approximate surface area is 218 Å². The Kier molecular flexibility index (Phi) is 7.87. The Hall–Kier alpha value is -2.60. The highest BCUT2D eigenvalue weighted by atomic mass is 32.1. The van der Waals surface area contributed by atoms with E-state index in [1.54, 1.807) is 0 Å². The Morgan fingerprint density at radius 1 is 0.629 bits per heavy atom. The van der Waals surface area contributed by atoms with Crippen molar-refractivity contribution in [3.8, 4) is 11.8 Å². The molecule has 0 aliphatic carbocycles. The van der Waals surface area contributed by atoms with E-state index in [4.69, 9.17) is 0 Å². The van der Waals surface area contributed by atoms with Gasteiger partial charge in [-0.25, -0.2) is 0 Å². The summed E-state index contributed by atoms with van der Waals surface area (Å²) in [7, 11) is 0. The van der Waals surface area contributed by atoms with E-state index < -0.39 is 0 Å². The lowest BCUT2D eigenvalue weighted by atomic mass is 10.1. The molecular formula is C33H34S2. The molecule has 0 saturated heterocycles. The largest absolute Gasteiger partial charge is 0.140 e. The fraction of sp³-hybridized carbons (Fsp3) is 0.333. The van der Waals surface area contributed by atoms with Crippen molar-refractivity contribution in [2.75, 3.05) is 0 Å². The van der Waals surface area contributed by atoms with Gasteiger partial charge in [-0.05, 0) is 54.8 Å². The summed E-state index contributed by atoms with van der Waals surface area (Å²) in [6.07, 6.45) is 12.3. The third-order valence-electron chi connectivity index (χ3n) is 6.87. The van der Waals surface area contributed by atoms with E-state index in [2.05, 4.69) is 86.4 Å². The van der Waals surface area contributed by atoms with Crippen molar-refractivity contribution in [3.63, 3.8) is 0 Å². The summed E-state index contributed by atoms with van der Waals surface area (Å²) in [6.45, 7) is 4.40. The molecule has 0 saturated carbocycles. The lowest BCUT2D eigenvalue weighted by Crippen LogP contribution is -1.83. The van der Waals surface area contributed by atoms with E-state index in [1.807, 2.05) is 22.7 Å². The minimum absolute atomic E-state index is 1.07. The van der Waals surface area contributed by atoms with Gasteiger partial charge >= 0.3 is 0 Å². The van der Waals surface area contributed by atoms with Gasteiger partial charge in [-0.2, -0.15) is 0 Å². The molecule has 0 aliphatic rings. The van der Waals surface area contributed by atoms with Crippen LogP contribution in [-0.4, -0.2) is 0 Å². The number of rotatable bonds is 9. The van der Waals surface area contributed by atoms with Crippen LogP contribution in [0.15, 0.2) is 60.7 Å². The molecule has 35 heavy (non-hydrogen) atoms. The summed E-state index contributed by atoms with van der Waals surface area (Å²) < 4.78 is 2.80. The summed E-state index contributed by atoms with van der Waals surface area (Å²) in [6, 6.07) is 22.4. The molecule has 5 rings (SSSR count). The predicted molar refractivity (Wildman–Crippen MR) is 158 cm³/mol. The molecule has 178 valence electrons. The maximum atomic E-state index is 3.39. The van der Waals surface area contributed by atoms with E-state index in [9.17, 15) is 0 Å². The van der Waals surface area contributed by atoms with Gasteiger partial charge in [-0.15, -0.1) is 22.7 Å². The average molecular weight is 495 g/mol. The molecular weight excluding hydrogens is 460 g/mol. The molecule has 2 heteroatoms. The van der Waals surface area contributed by atoms with E-state index in [1.165, 1.54) is 99.2 Å². The fourth-order valence-corrected chi connectivity index (χ4v) is 7.11. The van der Waals surface area contributed by atoms with Crippen LogP contribution in [0.25, 0.3) is 30.9 Å². The molecule has 0 bridgehead atoms. The van der Waals surface area contributed by atoms with Crippen LogP contribution in [0.5, 0.6) is 0 Å². The van der Waals surface area contributed by atoms with Gasteiger partial charge in [-0.1, -0.05) is 106 Å². The standard InChI is InChI=1S/C33H34S2/c1-3-4-5-6-7-8-9-10-11-28-22-26-17-20-31-30(32(26)34-28)21-18-27-23-29(35-33(27)31)19-16-25-14-12-24(2)13-15-25/h12-15,17-18,20-23H,3-11H2,1-2H3. The summed E-state index contributed by atoms with van der Waals surface area (Å²) in [5.74, 6) is 6.73. The first kappa shape index (κ1) is 24.1. The zero-order chi connectivity index (χ0) is 24.0. The zero-order valence-electron chi connectivity index (χ0n) is 21.0. The second-order valence-corrected chi connectivity index (χ2v) is 11.9. The van der Waals surface area contributed by atoms with Crippen LogP contribution in [0.2, 0.25) is 0 Å². The molecule has 2 heterocycles. The highest BCUT2D eigenvalue weighted by Crippen LogP contribution is 2.39. The Balaban J connectivity index is 1.32. The van der Waals surface area contributed by atoms with Crippen LogP contribution in [0, 0.1) is 18.8 Å². The fourth-order valence-electron chi connectivity index (χ4n) is 4.84. The summed E-state index contributed by atoms with van der Waals surface area (Å²) >= 11 is 3.82. The van der Waals surface area contributed by atoms with Gasteiger partial charge in [0, 0.05) is 30.6 Å². The highest BCUT2D eigenvalue weighted by Gasteiger charge is 2.10. The number of hydrogen-bond donors (Lipinski definition) is 0. The van der Waals surface area contributed by atoms with E-state index in [-0.39, 0.29) is 0 Å². The van der Waals surface area contributed by atoms with Crippen LogP contribution in [-0.2, 0) is 6.42 Å². The first-order chi connectivity index (χ1) is 17.2. The predicted octanol–water partition coefficient (Wildman–Crippen LogP) is 10.7. The third kappa shape index (κ3) is 5.80. The first-order valence-corrected chi connectivity index (χ1v) is 14.8. The van der Waals surface area contributed by atoms with Crippen molar-refractivity contribution < 1.29 is 0 Å². The maximum Gasteiger partial charge on any atom is 0.0785 e. The molecule has 0 nitrogen and oxygen atoms in total. The molecule has 0 atom stereocenters. The lowest BCUT2D eigenvalue weighted by Gasteiger charge is -2.01. The quantitative estimate of drug-likeness (QED) is 0.141. The minimum Gasteiger partial charge on any atom is -0.140 e. The van der Waals surface area contributed by atoms with Gasteiger partial charge < -0.3 is 0 Å². The smallest absolute Gasteiger partial charge is 0.0785 e. The Morgan fingerprint density at radius 3 is 1.97 bits per heavy atom. The minimum atomic E-state index is 1.07. The molecule has 5 aromatic rings. The lowest BCUT2D eigenvalue weighted by molar-refractivity contribution is 0.576. The van der Waals surface area contributed by atoms with Gasteiger partial charge in [0.25, 0.3) is 0 Å². The summed E-state index contributed by atoms with van der Waals surface area (Å²) in [5.41, 5.74) is 2.34. The van der Waals surface area contributed by atoms with Gasteiger partial charge in [0.2, 0.25) is 0 Å². The monoisotopic (exact) mass is 494 g/mol. The van der Waals surface area contributed by atoms with Crippen molar-refractivity contribution in [1.82, 2.24) is 0 Å². The van der Waals surface area contributed by atoms with Gasteiger partial charge in [-0.3, -0.25) is 0 Å². The third-order valence-corrected chi connectivity index (χ3v) is 9.21. The van der Waals surface area contributed by atoms with Gasteiger partial charge in [0.1, 0.15) is 0 Å². The van der Waals surface area contributed by atoms with Crippen LogP contribution >= 0.6 is 22.7 Å². The molecule has 0 spiro atoms. The zero-order valence-corrected chi connectivity index (χ0v) is 22.6. The molecule has 0 N–H and O–H groups in total. The number of hydrogen-bond acceptors (Lipinski definition) is 2. The van der Waals surface area contributed by atoms with Crippen molar-refractivity contribution in [1.29, 1.82) is 0 Å². The summed E-state index contributed by atoms with van der Waals surface area (Å²) in [4.78, 5) is 2.67. The SMILES string of the molecule is CCCCCCCCCCc1cc2ccc3c(ccc4cc(C#Cc5ccc(C)cc5)sc43)c2s1. The van der Waals surface area contributed by atoms with E-state index >= 15 is 0 Å².